The van der Waals surface area contributed by atoms with Crippen molar-refractivity contribution in [3.05, 3.63) is 98.5 Å². The first-order valence-electron chi connectivity index (χ1n) is 7.85. The molecule has 0 fully saturated rings. The van der Waals surface area contributed by atoms with Gasteiger partial charge in [-0.05, 0) is 23.8 Å². The Balaban J connectivity index is 0.000000575. The summed E-state index contributed by atoms with van der Waals surface area (Å²) in [5.41, 5.74) is 1.23. The zero-order valence-corrected chi connectivity index (χ0v) is 15.6. The van der Waals surface area contributed by atoms with E-state index < -0.39 is 20.1 Å². The number of hydrogen-bond acceptors (Lipinski definition) is 9. The van der Waals surface area contributed by atoms with E-state index in [9.17, 15) is 20.2 Å². The maximum atomic E-state index is 10.9. The maximum Gasteiger partial charge on any atom is 0.433 e. The summed E-state index contributed by atoms with van der Waals surface area (Å²) in [4.78, 5) is 20.5. The predicted octanol–water partition coefficient (Wildman–Crippen LogP) is -0.694. The Hall–Kier alpha value is -3.68. The second kappa shape index (κ2) is 9.69. The van der Waals surface area contributed by atoms with Crippen molar-refractivity contribution in [1.82, 2.24) is 0 Å². The molecule has 30 heavy (non-hydrogen) atoms. The molecule has 0 bridgehead atoms. The lowest BCUT2D eigenvalue weighted by molar-refractivity contribution is -1.92. The number of nitrogens with zero attached hydrogens (tertiary/aromatic N) is 3. The molecule has 0 amide bonds. The van der Waals surface area contributed by atoms with Gasteiger partial charge in [0.1, 0.15) is 4.92 Å². The van der Waals surface area contributed by atoms with E-state index in [1.807, 2.05) is 6.07 Å². The highest BCUT2D eigenvalue weighted by atomic mass is 35.7. The third-order valence-electron chi connectivity index (χ3n) is 3.43. The smallest absolute Gasteiger partial charge is 0.394 e. The molecule has 0 saturated heterocycles. The predicted molar refractivity (Wildman–Crippen MR) is 90.6 cm³/mol. The van der Waals surface area contributed by atoms with Gasteiger partial charge in [0.25, 0.3) is 11.4 Å². The molecule has 3 rings (SSSR count). The Labute approximate surface area is 170 Å². The molecule has 1 N–H and O–H groups in total. The first-order chi connectivity index (χ1) is 14.0. The van der Waals surface area contributed by atoms with Crippen LogP contribution in [-0.2, 0) is 0 Å². The Morgan fingerprint density at radius 3 is 1.97 bits per heavy atom. The van der Waals surface area contributed by atoms with Crippen molar-refractivity contribution in [3.8, 4) is 0 Å². The minimum absolute atomic E-state index is 0.0142. The van der Waals surface area contributed by atoms with Crippen molar-refractivity contribution in [2.24, 2.45) is 0 Å². The van der Waals surface area contributed by atoms with E-state index in [1.165, 1.54) is 24.3 Å². The van der Waals surface area contributed by atoms with Gasteiger partial charge in [0.15, 0.2) is 12.4 Å². The standard InChI is InChI=1S/C17H12N3O5.ClHO4/c21-19(22)14-6-4-13(5-7-14)12-15(18-10-2-1-3-11-18)16-8-9-17(25-16)20(23)24;2-1(3,4)5/h1-12H;(H,2,3,4,5)/q+1;/b15-12-;. The van der Waals surface area contributed by atoms with Gasteiger partial charge in [-0.25, -0.2) is 0 Å². The normalized spacial score (nSPS) is 11.4. The molecular weight excluding hydrogens is 426 g/mol. The molecule has 0 saturated carbocycles. The summed E-state index contributed by atoms with van der Waals surface area (Å²) in [6.45, 7) is 0. The number of non-ortho nitro benzene ring substituents is 1. The number of halogens is 1. The Kier molecular flexibility index (Phi) is 7.30. The number of aromatic nitrogens is 1. The molecule has 13 heteroatoms. The monoisotopic (exact) mass is 438 g/mol. The molecule has 3 aromatic rings. The fourth-order valence-electron chi connectivity index (χ4n) is 2.25. The van der Waals surface area contributed by atoms with Gasteiger partial charge >= 0.3 is 5.88 Å². The van der Waals surface area contributed by atoms with Crippen LogP contribution in [0.25, 0.3) is 11.8 Å². The van der Waals surface area contributed by atoms with Gasteiger partial charge in [-0.3, -0.25) is 20.2 Å². The molecular formula is C17H13ClN3O9+. The second-order valence-electron chi connectivity index (χ2n) is 5.45. The van der Waals surface area contributed by atoms with Crippen LogP contribution >= 0.6 is 0 Å². The summed E-state index contributed by atoms with van der Waals surface area (Å²) in [7, 11) is -4.69. The molecule has 2 aromatic heterocycles. The van der Waals surface area contributed by atoms with Gasteiger partial charge in [0, 0.05) is 30.3 Å². The van der Waals surface area contributed by atoms with Gasteiger partial charge in [-0.1, -0.05) is 6.07 Å². The van der Waals surface area contributed by atoms with E-state index >= 15 is 0 Å². The van der Waals surface area contributed by atoms with Crippen molar-refractivity contribution >= 4 is 23.3 Å². The molecule has 2 heterocycles. The number of hydrogen-bond donors (Lipinski definition) is 1. The third kappa shape index (κ3) is 7.05. The number of nitro benzene ring substituents is 1. The number of pyridine rings is 1. The minimum atomic E-state index is -4.69. The van der Waals surface area contributed by atoms with Gasteiger partial charge < -0.3 is 4.42 Å². The zero-order valence-electron chi connectivity index (χ0n) is 14.9. The fourth-order valence-corrected chi connectivity index (χ4v) is 2.25. The van der Waals surface area contributed by atoms with Crippen LogP contribution in [0.4, 0.5) is 11.6 Å². The molecule has 0 aliphatic carbocycles. The first-order valence-corrected chi connectivity index (χ1v) is 9.11. The molecule has 1 aromatic carbocycles. The average Bonchev–Trinajstić information content (AvgIpc) is 3.16. The SMILES string of the molecule is O=[N+]([O-])c1ccc(/C=C(/c2ccc([N+](=O)[O-])o2)[n+]2ccccc2)cc1.[O-][Cl+3]([O-])([O-])O. The van der Waals surface area contributed by atoms with Crippen LogP contribution in [-0.4, -0.2) is 14.5 Å². The highest BCUT2D eigenvalue weighted by Gasteiger charge is 2.21. The molecule has 0 unspecified atom stereocenters. The number of furan rings is 1. The van der Waals surface area contributed by atoms with Gasteiger partial charge in [-0.15, -0.1) is 0 Å². The van der Waals surface area contributed by atoms with E-state index in [0.29, 0.717) is 17.0 Å². The fraction of sp³-hybridized carbons (Fsp3) is 0. The summed E-state index contributed by atoms with van der Waals surface area (Å²) in [6, 6.07) is 14.2. The lowest BCUT2D eigenvalue weighted by atomic mass is 10.1. The highest BCUT2D eigenvalue weighted by molar-refractivity contribution is 5.74. The molecule has 0 spiro atoms. The van der Waals surface area contributed by atoms with Crippen LogP contribution in [0.3, 0.4) is 0 Å². The molecule has 0 atom stereocenters. The van der Waals surface area contributed by atoms with Crippen molar-refractivity contribution in [2.75, 3.05) is 0 Å². The summed E-state index contributed by atoms with van der Waals surface area (Å²) in [5.74, 6) is -0.0533. The Morgan fingerprint density at radius 2 is 1.50 bits per heavy atom. The van der Waals surface area contributed by atoms with Crippen molar-refractivity contribution < 1.29 is 47.7 Å². The van der Waals surface area contributed by atoms with E-state index in [-0.39, 0.29) is 11.6 Å². The maximum absolute atomic E-state index is 10.9. The Morgan fingerprint density at radius 1 is 0.933 bits per heavy atom. The largest absolute Gasteiger partial charge is 0.433 e. The van der Waals surface area contributed by atoms with Crippen LogP contribution in [0, 0.1) is 30.5 Å². The lowest BCUT2D eigenvalue weighted by Gasteiger charge is -2.03. The van der Waals surface area contributed by atoms with Crippen LogP contribution in [0.2, 0.25) is 0 Å². The van der Waals surface area contributed by atoms with Crippen LogP contribution in [0.1, 0.15) is 11.3 Å². The molecule has 12 nitrogen and oxygen atoms in total. The van der Waals surface area contributed by atoms with Crippen molar-refractivity contribution in [3.63, 3.8) is 0 Å². The van der Waals surface area contributed by atoms with Gasteiger partial charge in [0.05, 0.1) is 25.9 Å². The molecule has 156 valence electrons. The molecule has 0 aliphatic heterocycles. The van der Waals surface area contributed by atoms with Gasteiger partial charge in [-0.2, -0.15) is 18.5 Å². The summed E-state index contributed by atoms with van der Waals surface area (Å²) < 4.78 is 39.8. The van der Waals surface area contributed by atoms with Crippen LogP contribution < -0.4 is 18.5 Å². The highest BCUT2D eigenvalue weighted by Crippen LogP contribution is 2.23. The van der Waals surface area contributed by atoms with Crippen molar-refractivity contribution in [2.45, 2.75) is 0 Å². The van der Waals surface area contributed by atoms with E-state index in [1.54, 1.807) is 47.3 Å². The van der Waals surface area contributed by atoms with E-state index in [2.05, 4.69) is 0 Å². The van der Waals surface area contributed by atoms with Crippen molar-refractivity contribution in [1.29, 1.82) is 0 Å². The topological polar surface area (TPSA) is 193 Å². The van der Waals surface area contributed by atoms with Gasteiger partial charge in [0.2, 0.25) is 5.76 Å². The number of nitro groups is 2. The number of benzene rings is 1. The Bertz CT molecular complexity index is 1040. The zero-order chi connectivity index (χ0) is 22.3. The molecule has 0 radical (unpaired) electrons. The first kappa shape index (κ1) is 22.6. The summed E-state index contributed by atoms with van der Waals surface area (Å²) in [6.07, 6.45) is 5.27. The molecule has 0 aliphatic rings. The van der Waals surface area contributed by atoms with Crippen LogP contribution in [0.15, 0.2) is 71.4 Å². The lowest BCUT2D eigenvalue weighted by Crippen LogP contribution is -2.58. The average molecular weight is 439 g/mol. The summed E-state index contributed by atoms with van der Waals surface area (Å²) >= 11 is 0. The van der Waals surface area contributed by atoms with E-state index in [0.717, 1.165) is 0 Å². The summed E-state index contributed by atoms with van der Waals surface area (Å²) in [5, 5.41) is 21.6. The van der Waals surface area contributed by atoms with Crippen LogP contribution in [0.5, 0.6) is 0 Å². The quantitative estimate of drug-likeness (QED) is 0.304. The number of rotatable bonds is 5. The second-order valence-corrected chi connectivity index (χ2v) is 6.24. The minimum Gasteiger partial charge on any atom is -0.394 e. The third-order valence-corrected chi connectivity index (χ3v) is 3.43. The van der Waals surface area contributed by atoms with E-state index in [4.69, 9.17) is 23.1 Å².